The molecule has 0 bridgehead atoms. The number of methoxy groups -OCH3 is 1. The molecule has 2 aromatic heterocycles. The fourth-order valence-electron chi connectivity index (χ4n) is 2.81. The molecule has 2 aromatic rings. The zero-order chi connectivity index (χ0) is 13.4. The van der Waals surface area contributed by atoms with E-state index in [4.69, 9.17) is 4.74 Å². The Bertz CT molecular complexity index is 620. The van der Waals surface area contributed by atoms with E-state index in [1.54, 1.807) is 6.07 Å². The van der Waals surface area contributed by atoms with Crippen molar-refractivity contribution in [3.63, 3.8) is 0 Å². The van der Waals surface area contributed by atoms with Gasteiger partial charge in [-0.15, -0.1) is 0 Å². The zero-order valence-electron chi connectivity index (χ0n) is 11.2. The van der Waals surface area contributed by atoms with Gasteiger partial charge in [0.05, 0.1) is 24.9 Å². The largest absolute Gasteiger partial charge is 0.464 e. The summed E-state index contributed by atoms with van der Waals surface area (Å²) in [5.74, 6) is 0.599. The molecule has 0 spiro atoms. The number of carbonyl (C=O) groups excluding carboxylic acids is 1. The van der Waals surface area contributed by atoms with E-state index in [-0.39, 0.29) is 12.0 Å². The number of esters is 1. The molecular weight excluding hydrogens is 242 g/mol. The minimum absolute atomic E-state index is 0.272. The molecule has 0 aromatic carbocycles. The Balaban J connectivity index is 2.17. The maximum atomic E-state index is 11.9. The molecule has 1 aliphatic rings. The molecule has 3 heterocycles. The predicted molar refractivity (Wildman–Crippen MR) is 71.1 cm³/mol. The average molecular weight is 259 g/mol. The van der Waals surface area contributed by atoms with Gasteiger partial charge in [-0.05, 0) is 38.6 Å². The number of likely N-dealkylation sites (tertiary alicyclic amines) is 1. The van der Waals surface area contributed by atoms with Crippen LogP contribution in [0.3, 0.4) is 0 Å². The van der Waals surface area contributed by atoms with Gasteiger partial charge in [-0.3, -0.25) is 9.30 Å². The Kier molecular flexibility index (Phi) is 2.98. The predicted octanol–water partition coefficient (Wildman–Crippen LogP) is 1.89. The first-order valence-electron chi connectivity index (χ1n) is 6.47. The highest BCUT2D eigenvalue weighted by Crippen LogP contribution is 2.30. The first-order valence-corrected chi connectivity index (χ1v) is 6.47. The van der Waals surface area contributed by atoms with Gasteiger partial charge >= 0.3 is 5.97 Å². The highest BCUT2D eigenvalue weighted by Gasteiger charge is 2.27. The van der Waals surface area contributed by atoms with Crippen LogP contribution in [-0.2, 0) is 4.74 Å². The number of pyridine rings is 1. The third kappa shape index (κ3) is 1.90. The molecular formula is C14H17N3O2. The number of ether oxygens (including phenoxy) is 1. The van der Waals surface area contributed by atoms with Gasteiger partial charge in [0.25, 0.3) is 0 Å². The second-order valence-corrected chi connectivity index (χ2v) is 4.92. The minimum atomic E-state index is -0.328. The van der Waals surface area contributed by atoms with Crippen LogP contribution in [0.4, 0.5) is 0 Å². The molecule has 3 rings (SSSR count). The van der Waals surface area contributed by atoms with Crippen molar-refractivity contribution in [3.05, 3.63) is 35.9 Å². The van der Waals surface area contributed by atoms with Crippen molar-refractivity contribution >= 4 is 11.5 Å². The van der Waals surface area contributed by atoms with Gasteiger partial charge in [0.1, 0.15) is 11.5 Å². The number of nitrogens with zero attached hydrogens (tertiary/aromatic N) is 3. The summed E-state index contributed by atoms with van der Waals surface area (Å²) in [5.41, 5.74) is 1.46. The van der Waals surface area contributed by atoms with Crippen molar-refractivity contribution in [1.82, 2.24) is 14.3 Å². The number of hydrogen-bond donors (Lipinski definition) is 0. The topological polar surface area (TPSA) is 46.8 Å². The highest BCUT2D eigenvalue weighted by atomic mass is 16.5. The first kappa shape index (κ1) is 12.2. The summed E-state index contributed by atoms with van der Waals surface area (Å²) in [5, 5.41) is 0. The van der Waals surface area contributed by atoms with Crippen molar-refractivity contribution in [3.8, 4) is 0 Å². The van der Waals surface area contributed by atoms with E-state index in [2.05, 4.69) is 16.9 Å². The SMILES string of the molecule is COC(=O)c1cccc2cnc(C3CCCN3C)n12. The lowest BCUT2D eigenvalue weighted by Gasteiger charge is -2.19. The smallest absolute Gasteiger partial charge is 0.355 e. The van der Waals surface area contributed by atoms with Gasteiger partial charge < -0.3 is 4.74 Å². The molecule has 0 amide bonds. The molecule has 1 aliphatic heterocycles. The van der Waals surface area contributed by atoms with E-state index in [0.717, 1.165) is 30.7 Å². The number of hydrogen-bond acceptors (Lipinski definition) is 4. The number of aromatic nitrogens is 2. The van der Waals surface area contributed by atoms with Gasteiger partial charge in [-0.1, -0.05) is 6.07 Å². The summed E-state index contributed by atoms with van der Waals surface area (Å²) < 4.78 is 6.77. The molecule has 0 aliphatic carbocycles. The Hall–Kier alpha value is -1.88. The van der Waals surface area contributed by atoms with Crippen LogP contribution in [0.1, 0.15) is 35.2 Å². The van der Waals surface area contributed by atoms with Crippen LogP contribution < -0.4 is 0 Å². The summed E-state index contributed by atoms with van der Waals surface area (Å²) in [7, 11) is 3.50. The maximum Gasteiger partial charge on any atom is 0.355 e. The summed E-state index contributed by atoms with van der Waals surface area (Å²) in [6, 6.07) is 5.86. The molecule has 100 valence electrons. The summed E-state index contributed by atoms with van der Waals surface area (Å²) in [4.78, 5) is 18.7. The van der Waals surface area contributed by atoms with E-state index in [0.29, 0.717) is 5.69 Å². The molecule has 0 N–H and O–H groups in total. The Morgan fingerprint density at radius 3 is 3.00 bits per heavy atom. The molecule has 5 nitrogen and oxygen atoms in total. The van der Waals surface area contributed by atoms with Crippen molar-refractivity contribution in [1.29, 1.82) is 0 Å². The van der Waals surface area contributed by atoms with E-state index >= 15 is 0 Å². The van der Waals surface area contributed by atoms with Crippen LogP contribution in [0.25, 0.3) is 5.52 Å². The molecule has 0 radical (unpaired) electrons. The second-order valence-electron chi connectivity index (χ2n) is 4.92. The monoisotopic (exact) mass is 259 g/mol. The lowest BCUT2D eigenvalue weighted by molar-refractivity contribution is 0.0591. The third-order valence-corrected chi connectivity index (χ3v) is 3.79. The first-order chi connectivity index (χ1) is 9.22. The summed E-state index contributed by atoms with van der Waals surface area (Å²) in [6.45, 7) is 1.07. The van der Waals surface area contributed by atoms with Crippen molar-refractivity contribution in [2.45, 2.75) is 18.9 Å². The van der Waals surface area contributed by atoms with E-state index in [1.807, 2.05) is 22.7 Å². The fraction of sp³-hybridized carbons (Fsp3) is 0.429. The standard InChI is InChI=1S/C14H17N3O2/c1-16-8-4-7-11(16)13-15-9-10-5-3-6-12(17(10)13)14(18)19-2/h3,5-6,9,11H,4,7-8H2,1-2H3. The maximum absolute atomic E-state index is 11.9. The van der Waals surface area contributed by atoms with E-state index < -0.39 is 0 Å². The zero-order valence-corrected chi connectivity index (χ0v) is 11.2. The van der Waals surface area contributed by atoms with Gasteiger partial charge in [-0.2, -0.15) is 0 Å². The molecule has 1 saturated heterocycles. The van der Waals surface area contributed by atoms with E-state index in [9.17, 15) is 4.79 Å². The van der Waals surface area contributed by atoms with Gasteiger partial charge in [0.2, 0.25) is 0 Å². The van der Waals surface area contributed by atoms with E-state index in [1.165, 1.54) is 7.11 Å². The lowest BCUT2D eigenvalue weighted by Crippen LogP contribution is -2.21. The third-order valence-electron chi connectivity index (χ3n) is 3.79. The van der Waals surface area contributed by atoms with Crippen LogP contribution in [-0.4, -0.2) is 41.0 Å². The van der Waals surface area contributed by atoms with Crippen molar-refractivity contribution in [2.24, 2.45) is 0 Å². The minimum Gasteiger partial charge on any atom is -0.464 e. The Morgan fingerprint density at radius 1 is 1.47 bits per heavy atom. The molecule has 1 atom stereocenters. The van der Waals surface area contributed by atoms with Gasteiger partial charge in [0.15, 0.2) is 0 Å². The second kappa shape index (κ2) is 4.66. The number of fused-ring (bicyclic) bond motifs is 1. The van der Waals surface area contributed by atoms with Crippen LogP contribution in [0.15, 0.2) is 24.4 Å². The molecule has 19 heavy (non-hydrogen) atoms. The van der Waals surface area contributed by atoms with Crippen LogP contribution in [0.2, 0.25) is 0 Å². The molecule has 1 fully saturated rings. The van der Waals surface area contributed by atoms with Gasteiger partial charge in [-0.25, -0.2) is 9.78 Å². The molecule has 1 unspecified atom stereocenters. The van der Waals surface area contributed by atoms with Crippen molar-refractivity contribution < 1.29 is 9.53 Å². The Labute approximate surface area is 111 Å². The Morgan fingerprint density at radius 2 is 2.32 bits per heavy atom. The number of rotatable bonds is 2. The number of imidazole rings is 1. The normalized spacial score (nSPS) is 20.0. The lowest BCUT2D eigenvalue weighted by atomic mass is 10.2. The van der Waals surface area contributed by atoms with Crippen LogP contribution in [0, 0.1) is 0 Å². The highest BCUT2D eigenvalue weighted by molar-refractivity contribution is 5.88. The van der Waals surface area contributed by atoms with Crippen LogP contribution >= 0.6 is 0 Å². The molecule has 0 saturated carbocycles. The van der Waals surface area contributed by atoms with Gasteiger partial charge in [0, 0.05) is 0 Å². The summed E-state index contributed by atoms with van der Waals surface area (Å²) in [6.07, 6.45) is 4.05. The quantitative estimate of drug-likeness (QED) is 0.773. The fourth-order valence-corrected chi connectivity index (χ4v) is 2.81. The summed E-state index contributed by atoms with van der Waals surface area (Å²) >= 11 is 0. The number of carbonyl (C=O) groups is 1. The van der Waals surface area contributed by atoms with Crippen molar-refractivity contribution in [2.75, 3.05) is 20.7 Å². The average Bonchev–Trinajstić information content (AvgIpc) is 3.03. The molecule has 5 heteroatoms. The van der Waals surface area contributed by atoms with Crippen LogP contribution in [0.5, 0.6) is 0 Å².